The molecule has 0 aromatic carbocycles. The lowest BCUT2D eigenvalue weighted by molar-refractivity contribution is -0.284. The molecule has 0 rings (SSSR count). The van der Waals surface area contributed by atoms with Gasteiger partial charge in [-0.3, -0.25) is 0 Å². The van der Waals surface area contributed by atoms with Crippen LogP contribution >= 0.6 is 0 Å². The van der Waals surface area contributed by atoms with Crippen molar-refractivity contribution in [2.45, 2.75) is 26.7 Å². The Labute approximate surface area is 74.0 Å². The van der Waals surface area contributed by atoms with Gasteiger partial charge in [0.25, 0.3) is 6.48 Å². The molecule has 0 aliphatic heterocycles. The summed E-state index contributed by atoms with van der Waals surface area (Å²) in [6.07, 6.45) is 0.830. The Hall–Kier alpha value is -0.160. The van der Waals surface area contributed by atoms with Crippen molar-refractivity contribution in [2.24, 2.45) is 5.73 Å². The molecule has 0 aromatic heterocycles. The fourth-order valence-electron chi connectivity index (χ4n) is 0.679. The maximum Gasteiger partial charge on any atom is 0.271 e. The third-order valence-corrected chi connectivity index (χ3v) is 1.21. The lowest BCUT2D eigenvalue weighted by Gasteiger charge is -2.16. The third-order valence-electron chi connectivity index (χ3n) is 1.21. The minimum atomic E-state index is -0.522. The van der Waals surface area contributed by atoms with Crippen LogP contribution in [0.3, 0.4) is 0 Å². The van der Waals surface area contributed by atoms with E-state index in [0.29, 0.717) is 26.4 Å². The van der Waals surface area contributed by atoms with Crippen LogP contribution in [0.25, 0.3) is 0 Å². The van der Waals surface area contributed by atoms with Gasteiger partial charge in [0.2, 0.25) is 0 Å². The predicted octanol–water partition coefficient (Wildman–Crippen LogP) is 0.708. The Bertz CT molecular complexity index is 84.4. The number of ether oxygens (including phenoxy) is 3. The van der Waals surface area contributed by atoms with Gasteiger partial charge in [0.1, 0.15) is 0 Å². The van der Waals surface area contributed by atoms with Crippen LogP contribution in [0.4, 0.5) is 0 Å². The zero-order valence-electron chi connectivity index (χ0n) is 7.91. The van der Waals surface area contributed by atoms with Gasteiger partial charge < -0.3 is 19.9 Å². The van der Waals surface area contributed by atoms with Crippen LogP contribution in [0.1, 0.15) is 20.3 Å². The molecule has 0 spiro atoms. The molecule has 0 saturated carbocycles. The SMILES string of the molecule is CCOC(OCC)OCCCN. The molecule has 0 unspecified atom stereocenters. The molecule has 0 heterocycles. The molecule has 2 N–H and O–H groups in total. The zero-order chi connectivity index (χ0) is 9.23. The lowest BCUT2D eigenvalue weighted by Crippen LogP contribution is -2.22. The predicted molar refractivity (Wildman–Crippen MR) is 46.7 cm³/mol. The highest BCUT2D eigenvalue weighted by Crippen LogP contribution is 1.97. The Morgan fingerprint density at radius 2 is 1.67 bits per heavy atom. The maximum absolute atomic E-state index is 5.30. The van der Waals surface area contributed by atoms with Crippen LogP contribution in [0.15, 0.2) is 0 Å². The molecular weight excluding hydrogens is 158 g/mol. The standard InChI is InChI=1S/C8H19NO3/c1-3-10-8(11-4-2)12-7-5-6-9/h8H,3-7,9H2,1-2H3. The molecule has 0 radical (unpaired) electrons. The first kappa shape index (κ1) is 11.8. The molecule has 4 heteroatoms. The van der Waals surface area contributed by atoms with E-state index >= 15 is 0 Å². The highest BCUT2D eigenvalue weighted by atomic mass is 16.8. The Morgan fingerprint density at radius 3 is 2.08 bits per heavy atom. The Morgan fingerprint density at radius 1 is 1.08 bits per heavy atom. The first-order chi connectivity index (χ1) is 5.85. The molecule has 0 amide bonds. The van der Waals surface area contributed by atoms with Gasteiger partial charge in [0.05, 0.1) is 6.61 Å². The fraction of sp³-hybridized carbons (Fsp3) is 1.00. The molecule has 0 atom stereocenters. The first-order valence-corrected chi connectivity index (χ1v) is 4.40. The van der Waals surface area contributed by atoms with Crippen molar-refractivity contribution in [3.8, 4) is 0 Å². The van der Waals surface area contributed by atoms with E-state index < -0.39 is 6.48 Å². The number of hydrogen-bond acceptors (Lipinski definition) is 4. The summed E-state index contributed by atoms with van der Waals surface area (Å²) in [5.74, 6) is 0. The molecule has 0 saturated heterocycles. The number of hydrogen-bond donors (Lipinski definition) is 1. The van der Waals surface area contributed by atoms with Crippen LogP contribution in [-0.2, 0) is 14.2 Å². The lowest BCUT2D eigenvalue weighted by atomic mass is 10.5. The van der Waals surface area contributed by atoms with Crippen LogP contribution < -0.4 is 5.73 Å². The van der Waals surface area contributed by atoms with E-state index in [-0.39, 0.29) is 0 Å². The van der Waals surface area contributed by atoms with E-state index in [9.17, 15) is 0 Å². The first-order valence-electron chi connectivity index (χ1n) is 4.40. The largest absolute Gasteiger partial charge is 0.330 e. The van der Waals surface area contributed by atoms with Gasteiger partial charge in [-0.1, -0.05) is 0 Å². The topological polar surface area (TPSA) is 53.7 Å². The van der Waals surface area contributed by atoms with E-state index in [1.165, 1.54) is 0 Å². The average molecular weight is 177 g/mol. The number of rotatable bonds is 8. The molecule has 4 nitrogen and oxygen atoms in total. The van der Waals surface area contributed by atoms with Crippen molar-refractivity contribution in [1.29, 1.82) is 0 Å². The summed E-state index contributed by atoms with van der Waals surface area (Å²) in [4.78, 5) is 0. The smallest absolute Gasteiger partial charge is 0.271 e. The Kier molecular flexibility index (Phi) is 8.81. The monoisotopic (exact) mass is 177 g/mol. The van der Waals surface area contributed by atoms with Gasteiger partial charge in [-0.15, -0.1) is 0 Å². The van der Waals surface area contributed by atoms with Crippen molar-refractivity contribution in [1.82, 2.24) is 0 Å². The average Bonchev–Trinajstić information content (AvgIpc) is 2.06. The molecule has 0 aliphatic rings. The highest BCUT2D eigenvalue weighted by Gasteiger charge is 2.06. The second kappa shape index (κ2) is 8.93. The normalized spacial score (nSPS) is 11.0. The van der Waals surface area contributed by atoms with Gasteiger partial charge in [0.15, 0.2) is 0 Å². The van der Waals surface area contributed by atoms with Crippen LogP contribution in [0, 0.1) is 0 Å². The van der Waals surface area contributed by atoms with Crippen molar-refractivity contribution in [2.75, 3.05) is 26.4 Å². The van der Waals surface area contributed by atoms with Crippen LogP contribution in [-0.4, -0.2) is 32.8 Å². The fourth-order valence-corrected chi connectivity index (χ4v) is 0.679. The van der Waals surface area contributed by atoms with Gasteiger partial charge in [0, 0.05) is 13.2 Å². The quantitative estimate of drug-likeness (QED) is 0.438. The van der Waals surface area contributed by atoms with Crippen molar-refractivity contribution in [3.63, 3.8) is 0 Å². The van der Waals surface area contributed by atoms with Gasteiger partial charge in [-0.2, -0.15) is 0 Å². The van der Waals surface area contributed by atoms with Crippen molar-refractivity contribution in [3.05, 3.63) is 0 Å². The van der Waals surface area contributed by atoms with Crippen molar-refractivity contribution >= 4 is 0 Å². The summed E-state index contributed by atoms with van der Waals surface area (Å²) in [7, 11) is 0. The van der Waals surface area contributed by atoms with E-state index in [4.69, 9.17) is 19.9 Å². The van der Waals surface area contributed by atoms with Gasteiger partial charge >= 0.3 is 0 Å². The maximum atomic E-state index is 5.30. The van der Waals surface area contributed by atoms with Crippen LogP contribution in [0.5, 0.6) is 0 Å². The van der Waals surface area contributed by atoms with E-state index in [2.05, 4.69) is 0 Å². The molecular formula is C8H19NO3. The summed E-state index contributed by atoms with van der Waals surface area (Å²) >= 11 is 0. The minimum Gasteiger partial charge on any atom is -0.330 e. The van der Waals surface area contributed by atoms with E-state index in [1.54, 1.807) is 0 Å². The Balaban J connectivity index is 3.34. The highest BCUT2D eigenvalue weighted by molar-refractivity contribution is 4.35. The second-order valence-corrected chi connectivity index (χ2v) is 2.21. The van der Waals surface area contributed by atoms with Crippen molar-refractivity contribution < 1.29 is 14.2 Å². The zero-order valence-corrected chi connectivity index (χ0v) is 7.91. The van der Waals surface area contributed by atoms with E-state index in [1.807, 2.05) is 13.8 Å². The van der Waals surface area contributed by atoms with Crippen LogP contribution in [0.2, 0.25) is 0 Å². The summed E-state index contributed by atoms with van der Waals surface area (Å²) in [5.41, 5.74) is 5.30. The summed E-state index contributed by atoms with van der Waals surface area (Å²) < 4.78 is 15.5. The number of nitrogens with two attached hydrogens (primary N) is 1. The summed E-state index contributed by atoms with van der Waals surface area (Å²) in [6, 6.07) is 0. The van der Waals surface area contributed by atoms with Gasteiger partial charge in [-0.05, 0) is 26.8 Å². The summed E-state index contributed by atoms with van der Waals surface area (Å²) in [5, 5.41) is 0. The minimum absolute atomic E-state index is 0.522. The molecule has 0 bridgehead atoms. The third kappa shape index (κ3) is 6.54. The molecule has 0 aliphatic carbocycles. The molecule has 74 valence electrons. The van der Waals surface area contributed by atoms with Gasteiger partial charge in [-0.25, -0.2) is 0 Å². The molecule has 0 aromatic rings. The molecule has 0 fully saturated rings. The summed E-state index contributed by atoms with van der Waals surface area (Å²) in [6.45, 7) is 5.68. The molecule has 12 heavy (non-hydrogen) atoms. The van der Waals surface area contributed by atoms with E-state index in [0.717, 1.165) is 6.42 Å². The second-order valence-electron chi connectivity index (χ2n) is 2.21.